The van der Waals surface area contributed by atoms with E-state index in [0.29, 0.717) is 36.7 Å². The maximum Gasteiger partial charge on any atom is 0.376 e. The lowest BCUT2D eigenvalue weighted by Gasteiger charge is -2.17. The molecule has 1 aliphatic heterocycles. The molecule has 4 aromatic rings. The second kappa shape index (κ2) is 9.71. The summed E-state index contributed by atoms with van der Waals surface area (Å²) in [7, 11) is -4.27. The van der Waals surface area contributed by atoms with Gasteiger partial charge >= 0.3 is 7.05 Å². The van der Waals surface area contributed by atoms with Gasteiger partial charge in [-0.3, -0.25) is 0 Å². The van der Waals surface area contributed by atoms with Crippen LogP contribution in [0, 0.1) is 0 Å². The molecule has 1 aliphatic rings. The van der Waals surface area contributed by atoms with Crippen LogP contribution in [0.4, 0.5) is 11.5 Å². The van der Waals surface area contributed by atoms with Crippen LogP contribution in [0.25, 0.3) is 16.9 Å². The molecule has 35 heavy (non-hydrogen) atoms. The number of hydrogen-bond acceptors (Lipinski definition) is 7. The number of benzene rings is 2. The van der Waals surface area contributed by atoms with E-state index in [1.54, 1.807) is 41.8 Å². The first-order valence-electron chi connectivity index (χ1n) is 11.2. The standard InChI is InChI=1S/C23H24BBrN6O3S/c1-24(32)30-12-11-18(15-30)29-35(33,34)19-9-7-17(8-10-19)27-22-13-21(16-5-3-2-4-6-16)28-23-20(25)14-26-31(22)23/h2-10,13-14,18,27,29,32H,11-12,15H2,1H3. The summed E-state index contributed by atoms with van der Waals surface area (Å²) in [6.45, 7) is 2.82. The third kappa shape index (κ3) is 5.12. The second-order valence-electron chi connectivity index (χ2n) is 8.50. The molecule has 0 bridgehead atoms. The van der Waals surface area contributed by atoms with Gasteiger partial charge in [0.1, 0.15) is 5.82 Å². The molecule has 12 heteroatoms. The second-order valence-corrected chi connectivity index (χ2v) is 11.1. The summed E-state index contributed by atoms with van der Waals surface area (Å²) >= 11 is 3.51. The monoisotopic (exact) mass is 554 g/mol. The van der Waals surface area contributed by atoms with Crippen molar-refractivity contribution in [2.45, 2.75) is 24.2 Å². The first-order valence-corrected chi connectivity index (χ1v) is 13.5. The number of fused-ring (bicyclic) bond motifs is 1. The number of nitrogens with one attached hydrogen (secondary N) is 2. The fourth-order valence-corrected chi connectivity index (χ4v) is 5.77. The molecule has 0 amide bonds. The van der Waals surface area contributed by atoms with Crippen molar-refractivity contribution in [1.82, 2.24) is 24.1 Å². The molecular formula is C23H24BBrN6O3S. The van der Waals surface area contributed by atoms with Crippen LogP contribution in [0.15, 0.2) is 76.2 Å². The molecule has 1 unspecified atom stereocenters. The van der Waals surface area contributed by atoms with Gasteiger partial charge in [-0.2, -0.15) is 9.61 Å². The quantitative estimate of drug-likeness (QED) is 0.300. The summed E-state index contributed by atoms with van der Waals surface area (Å²) in [6.07, 6.45) is 2.34. The van der Waals surface area contributed by atoms with Gasteiger partial charge in [-0.25, -0.2) is 18.1 Å². The Morgan fingerprint density at radius 3 is 2.57 bits per heavy atom. The maximum atomic E-state index is 12.9. The number of halogens is 1. The zero-order chi connectivity index (χ0) is 24.6. The van der Waals surface area contributed by atoms with Gasteiger partial charge < -0.3 is 15.2 Å². The van der Waals surface area contributed by atoms with Crippen molar-refractivity contribution in [2.75, 3.05) is 18.4 Å². The topological polar surface area (TPSA) is 112 Å². The van der Waals surface area contributed by atoms with Gasteiger partial charge in [-0.1, -0.05) is 30.3 Å². The molecule has 2 aromatic carbocycles. The molecule has 9 nitrogen and oxygen atoms in total. The highest BCUT2D eigenvalue weighted by Crippen LogP contribution is 2.28. The lowest BCUT2D eigenvalue weighted by molar-refractivity contribution is 0.417. The summed E-state index contributed by atoms with van der Waals surface area (Å²) in [6, 6.07) is 18.1. The SMILES string of the molecule is CB(O)N1CCC(NS(=O)(=O)c2ccc(Nc3cc(-c4ccccc4)nc4c(Br)cnn34)cc2)C1. The average molecular weight is 555 g/mol. The van der Waals surface area contributed by atoms with E-state index in [0.717, 1.165) is 15.7 Å². The van der Waals surface area contributed by atoms with E-state index in [1.807, 2.05) is 41.2 Å². The minimum Gasteiger partial charge on any atom is -0.437 e. The summed E-state index contributed by atoms with van der Waals surface area (Å²) < 4.78 is 31.0. The maximum absolute atomic E-state index is 12.9. The van der Waals surface area contributed by atoms with Crippen LogP contribution in [-0.2, 0) is 10.0 Å². The Bertz CT molecular complexity index is 1450. The number of rotatable bonds is 7. The predicted molar refractivity (Wildman–Crippen MR) is 140 cm³/mol. The summed E-state index contributed by atoms with van der Waals surface area (Å²) in [5.41, 5.74) is 3.14. The van der Waals surface area contributed by atoms with Crippen molar-refractivity contribution in [3.05, 3.63) is 71.3 Å². The van der Waals surface area contributed by atoms with Gasteiger partial charge in [-0.05, 0) is 60.0 Å². The smallest absolute Gasteiger partial charge is 0.376 e. The lowest BCUT2D eigenvalue weighted by atomic mass is 9.86. The molecule has 0 radical (unpaired) electrons. The Balaban J connectivity index is 1.37. The van der Waals surface area contributed by atoms with Crippen molar-refractivity contribution < 1.29 is 13.4 Å². The largest absolute Gasteiger partial charge is 0.437 e. The van der Waals surface area contributed by atoms with E-state index in [1.165, 1.54) is 0 Å². The Kier molecular flexibility index (Phi) is 6.64. The van der Waals surface area contributed by atoms with Crippen LogP contribution < -0.4 is 10.0 Å². The summed E-state index contributed by atoms with van der Waals surface area (Å²) in [5, 5.41) is 17.4. The predicted octanol–water partition coefficient (Wildman–Crippen LogP) is 3.37. The van der Waals surface area contributed by atoms with Crippen LogP contribution in [0.3, 0.4) is 0 Å². The highest BCUT2D eigenvalue weighted by Gasteiger charge is 2.30. The van der Waals surface area contributed by atoms with E-state index in [4.69, 9.17) is 4.98 Å². The van der Waals surface area contributed by atoms with Crippen molar-refractivity contribution in [3.8, 4) is 11.3 Å². The molecule has 2 aromatic heterocycles. The van der Waals surface area contributed by atoms with Crippen molar-refractivity contribution >= 4 is 50.2 Å². The summed E-state index contributed by atoms with van der Waals surface area (Å²) in [5.74, 6) is 0.692. The number of aromatic nitrogens is 3. The third-order valence-electron chi connectivity index (χ3n) is 6.01. The van der Waals surface area contributed by atoms with Crippen LogP contribution >= 0.6 is 15.9 Å². The number of anilines is 2. The van der Waals surface area contributed by atoms with Crippen LogP contribution in [0.2, 0.25) is 6.82 Å². The molecule has 1 fully saturated rings. The van der Waals surface area contributed by atoms with E-state index in [2.05, 4.69) is 31.1 Å². The van der Waals surface area contributed by atoms with Gasteiger partial charge in [0.2, 0.25) is 10.0 Å². The van der Waals surface area contributed by atoms with Gasteiger partial charge in [0.15, 0.2) is 5.65 Å². The number of sulfonamides is 1. The van der Waals surface area contributed by atoms with E-state index >= 15 is 0 Å². The Morgan fingerprint density at radius 1 is 1.14 bits per heavy atom. The molecule has 1 saturated heterocycles. The first kappa shape index (κ1) is 24.0. The van der Waals surface area contributed by atoms with E-state index in [-0.39, 0.29) is 10.9 Å². The highest BCUT2D eigenvalue weighted by molar-refractivity contribution is 9.10. The van der Waals surface area contributed by atoms with Crippen molar-refractivity contribution in [2.24, 2.45) is 0 Å². The minimum atomic E-state index is -3.68. The van der Waals surface area contributed by atoms with Crippen LogP contribution in [-0.4, -0.2) is 59.0 Å². The molecule has 3 heterocycles. The van der Waals surface area contributed by atoms with Gasteiger partial charge in [-0.15, -0.1) is 0 Å². The van der Waals surface area contributed by atoms with Crippen LogP contribution in [0.1, 0.15) is 6.42 Å². The van der Waals surface area contributed by atoms with Gasteiger partial charge in [0.25, 0.3) is 0 Å². The molecule has 0 aliphatic carbocycles. The molecular weight excluding hydrogens is 531 g/mol. The molecule has 0 saturated carbocycles. The normalized spacial score (nSPS) is 16.6. The molecule has 1 atom stereocenters. The lowest BCUT2D eigenvalue weighted by Crippen LogP contribution is -2.40. The number of nitrogens with zero attached hydrogens (tertiary/aromatic N) is 4. The van der Waals surface area contributed by atoms with Crippen LogP contribution in [0.5, 0.6) is 0 Å². The third-order valence-corrected chi connectivity index (χ3v) is 8.10. The molecule has 0 spiro atoms. The summed E-state index contributed by atoms with van der Waals surface area (Å²) in [4.78, 5) is 6.75. The first-order chi connectivity index (χ1) is 16.8. The van der Waals surface area contributed by atoms with Gasteiger partial charge in [0.05, 0.1) is 21.3 Å². The fraction of sp³-hybridized carbons (Fsp3) is 0.217. The van der Waals surface area contributed by atoms with Gasteiger partial charge in [0, 0.05) is 29.9 Å². The molecule has 3 N–H and O–H groups in total. The Labute approximate surface area is 212 Å². The highest BCUT2D eigenvalue weighted by atomic mass is 79.9. The Morgan fingerprint density at radius 2 is 1.89 bits per heavy atom. The minimum absolute atomic E-state index is 0.185. The number of hydrogen-bond donors (Lipinski definition) is 3. The Hall–Kier alpha value is -2.77. The average Bonchev–Trinajstić information content (AvgIpc) is 3.47. The van der Waals surface area contributed by atoms with Crippen molar-refractivity contribution in [3.63, 3.8) is 0 Å². The fourth-order valence-electron chi connectivity index (χ4n) is 4.16. The zero-order valence-corrected chi connectivity index (χ0v) is 21.4. The van der Waals surface area contributed by atoms with Crippen molar-refractivity contribution in [1.29, 1.82) is 0 Å². The molecule has 5 rings (SSSR count). The van der Waals surface area contributed by atoms with E-state index in [9.17, 15) is 13.4 Å². The molecule has 180 valence electrons. The van der Waals surface area contributed by atoms with E-state index < -0.39 is 17.1 Å². The zero-order valence-electron chi connectivity index (χ0n) is 19.0.